The molecule has 2 aromatic rings. The molecule has 0 aromatic carbocycles. The van der Waals surface area contributed by atoms with Gasteiger partial charge in [-0.1, -0.05) is 11.6 Å². The number of nitrogens with zero attached hydrogens (tertiary/aromatic N) is 2. The van der Waals surface area contributed by atoms with Crippen molar-refractivity contribution in [3.63, 3.8) is 0 Å². The first kappa shape index (κ1) is 16.0. The zero-order valence-electron chi connectivity index (χ0n) is 12.2. The SMILES string of the molecule is CCn1nc(C)c(C(=O)NCC(C)(O)c2ccsc2)c1Cl. The van der Waals surface area contributed by atoms with Gasteiger partial charge in [-0.15, -0.1) is 0 Å². The molecule has 114 valence electrons. The Labute approximate surface area is 132 Å². The van der Waals surface area contributed by atoms with E-state index in [-0.39, 0.29) is 12.5 Å². The van der Waals surface area contributed by atoms with Crippen molar-refractivity contribution in [3.8, 4) is 0 Å². The Hall–Kier alpha value is -1.37. The van der Waals surface area contributed by atoms with Gasteiger partial charge in [0, 0.05) is 6.54 Å². The Bertz CT molecular complexity index is 635. The molecular formula is C14H18ClN3O2S. The number of thiophene rings is 1. The van der Waals surface area contributed by atoms with E-state index >= 15 is 0 Å². The van der Waals surface area contributed by atoms with Gasteiger partial charge in [0.1, 0.15) is 10.8 Å². The zero-order valence-corrected chi connectivity index (χ0v) is 13.8. The number of halogens is 1. The molecule has 0 fully saturated rings. The molecule has 2 N–H and O–H groups in total. The van der Waals surface area contributed by atoms with Crippen molar-refractivity contribution in [2.75, 3.05) is 6.54 Å². The summed E-state index contributed by atoms with van der Waals surface area (Å²) in [6.07, 6.45) is 0. The Balaban J connectivity index is 2.11. The lowest BCUT2D eigenvalue weighted by atomic mass is 9.99. The predicted octanol–water partition coefficient (Wildman–Crippen LogP) is 2.56. The van der Waals surface area contributed by atoms with Gasteiger partial charge in [-0.2, -0.15) is 16.4 Å². The lowest BCUT2D eigenvalue weighted by Gasteiger charge is -2.22. The molecule has 5 nitrogen and oxygen atoms in total. The number of aryl methyl sites for hydroxylation is 2. The number of hydrogen-bond acceptors (Lipinski definition) is 4. The van der Waals surface area contributed by atoms with Crippen LogP contribution in [0.25, 0.3) is 0 Å². The van der Waals surface area contributed by atoms with Crippen molar-refractivity contribution in [1.29, 1.82) is 0 Å². The normalized spacial score (nSPS) is 14.0. The van der Waals surface area contributed by atoms with Crippen molar-refractivity contribution in [3.05, 3.63) is 38.8 Å². The van der Waals surface area contributed by atoms with Gasteiger partial charge in [0.2, 0.25) is 0 Å². The highest BCUT2D eigenvalue weighted by atomic mass is 35.5. The molecule has 1 atom stereocenters. The van der Waals surface area contributed by atoms with Gasteiger partial charge >= 0.3 is 0 Å². The van der Waals surface area contributed by atoms with Crippen LogP contribution in [0.4, 0.5) is 0 Å². The summed E-state index contributed by atoms with van der Waals surface area (Å²) in [5.41, 5.74) is 0.602. The van der Waals surface area contributed by atoms with E-state index in [0.29, 0.717) is 23.0 Å². The fourth-order valence-electron chi connectivity index (χ4n) is 2.03. The van der Waals surface area contributed by atoms with E-state index in [2.05, 4.69) is 10.4 Å². The summed E-state index contributed by atoms with van der Waals surface area (Å²) in [5, 5.41) is 21.4. The maximum absolute atomic E-state index is 12.3. The van der Waals surface area contributed by atoms with Crippen LogP contribution in [0.15, 0.2) is 16.8 Å². The van der Waals surface area contributed by atoms with Crippen molar-refractivity contribution >= 4 is 28.8 Å². The van der Waals surface area contributed by atoms with Crippen LogP contribution < -0.4 is 5.32 Å². The van der Waals surface area contributed by atoms with Gasteiger partial charge < -0.3 is 10.4 Å². The number of rotatable bonds is 5. The fourth-order valence-corrected chi connectivity index (χ4v) is 3.20. The Morgan fingerprint density at radius 3 is 2.86 bits per heavy atom. The van der Waals surface area contributed by atoms with E-state index in [4.69, 9.17) is 11.6 Å². The molecule has 7 heteroatoms. The molecule has 2 aromatic heterocycles. The third-order valence-electron chi connectivity index (χ3n) is 3.33. The lowest BCUT2D eigenvalue weighted by Crippen LogP contribution is -2.38. The molecule has 21 heavy (non-hydrogen) atoms. The van der Waals surface area contributed by atoms with Crippen LogP contribution in [0.2, 0.25) is 5.15 Å². The molecular weight excluding hydrogens is 310 g/mol. The molecule has 0 aliphatic rings. The van der Waals surface area contributed by atoms with E-state index in [0.717, 1.165) is 5.56 Å². The maximum Gasteiger partial charge on any atom is 0.256 e. The standard InChI is InChI=1S/C14H18ClN3O2S/c1-4-18-12(15)11(9(2)17-18)13(19)16-8-14(3,20)10-5-6-21-7-10/h5-7,20H,4,8H2,1-3H3,(H,16,19). The van der Waals surface area contributed by atoms with Crippen LogP contribution >= 0.6 is 22.9 Å². The summed E-state index contributed by atoms with van der Waals surface area (Å²) in [6, 6.07) is 1.84. The number of hydrogen-bond donors (Lipinski definition) is 2. The fraction of sp³-hybridized carbons (Fsp3) is 0.429. The maximum atomic E-state index is 12.3. The largest absolute Gasteiger partial charge is 0.384 e. The van der Waals surface area contributed by atoms with Crippen molar-refractivity contribution in [1.82, 2.24) is 15.1 Å². The summed E-state index contributed by atoms with van der Waals surface area (Å²) in [7, 11) is 0. The topological polar surface area (TPSA) is 67.2 Å². The smallest absolute Gasteiger partial charge is 0.256 e. The third kappa shape index (κ3) is 3.28. The number of aromatic nitrogens is 2. The van der Waals surface area contributed by atoms with Crippen molar-refractivity contribution in [2.24, 2.45) is 0 Å². The predicted molar refractivity (Wildman–Crippen MR) is 83.9 cm³/mol. The van der Waals surface area contributed by atoms with E-state index in [9.17, 15) is 9.90 Å². The highest BCUT2D eigenvalue weighted by Crippen LogP contribution is 2.23. The first-order valence-corrected chi connectivity index (χ1v) is 7.95. The monoisotopic (exact) mass is 327 g/mol. The molecule has 0 saturated carbocycles. The van der Waals surface area contributed by atoms with E-state index < -0.39 is 5.60 Å². The van der Waals surface area contributed by atoms with Gasteiger partial charge in [-0.25, -0.2) is 0 Å². The molecule has 1 unspecified atom stereocenters. The second kappa shape index (κ2) is 6.17. The first-order chi connectivity index (χ1) is 9.86. The molecule has 2 rings (SSSR count). The van der Waals surface area contributed by atoms with Crippen LogP contribution in [0.1, 0.15) is 35.5 Å². The second-order valence-electron chi connectivity index (χ2n) is 5.04. The van der Waals surface area contributed by atoms with Gasteiger partial charge in [-0.05, 0) is 43.2 Å². The molecule has 0 aliphatic heterocycles. The molecule has 0 radical (unpaired) electrons. The Kier molecular flexibility index (Phi) is 4.70. The highest BCUT2D eigenvalue weighted by Gasteiger charge is 2.26. The molecule has 0 saturated heterocycles. The minimum absolute atomic E-state index is 0.107. The van der Waals surface area contributed by atoms with Gasteiger partial charge in [-0.3, -0.25) is 9.48 Å². The van der Waals surface area contributed by atoms with Crippen LogP contribution in [0.3, 0.4) is 0 Å². The lowest BCUT2D eigenvalue weighted by molar-refractivity contribution is 0.0530. The quantitative estimate of drug-likeness (QED) is 0.887. The number of aliphatic hydroxyl groups is 1. The summed E-state index contributed by atoms with van der Waals surface area (Å²) in [6.45, 7) is 6.01. The third-order valence-corrected chi connectivity index (χ3v) is 4.40. The highest BCUT2D eigenvalue weighted by molar-refractivity contribution is 7.08. The second-order valence-corrected chi connectivity index (χ2v) is 6.17. The number of carbonyl (C=O) groups excluding carboxylic acids is 1. The van der Waals surface area contributed by atoms with E-state index in [1.165, 1.54) is 11.3 Å². The van der Waals surface area contributed by atoms with Gasteiger partial charge in [0.15, 0.2) is 0 Å². The Morgan fingerprint density at radius 2 is 2.33 bits per heavy atom. The summed E-state index contributed by atoms with van der Waals surface area (Å²) in [5.74, 6) is -0.326. The van der Waals surface area contributed by atoms with Gasteiger partial charge in [0.05, 0.1) is 17.8 Å². The number of amides is 1. The average molecular weight is 328 g/mol. The minimum atomic E-state index is -1.11. The van der Waals surface area contributed by atoms with Crippen molar-refractivity contribution < 1.29 is 9.90 Å². The summed E-state index contributed by atoms with van der Waals surface area (Å²) >= 11 is 7.65. The van der Waals surface area contributed by atoms with Gasteiger partial charge in [0.25, 0.3) is 5.91 Å². The van der Waals surface area contributed by atoms with E-state index in [1.807, 2.05) is 23.8 Å². The average Bonchev–Trinajstić information content (AvgIpc) is 3.05. The molecule has 1 amide bonds. The first-order valence-electron chi connectivity index (χ1n) is 6.63. The zero-order chi connectivity index (χ0) is 15.6. The Morgan fingerprint density at radius 1 is 1.62 bits per heavy atom. The molecule has 0 bridgehead atoms. The number of carbonyl (C=O) groups is 1. The van der Waals surface area contributed by atoms with Crippen LogP contribution in [0, 0.1) is 6.92 Å². The summed E-state index contributed by atoms with van der Waals surface area (Å²) in [4.78, 5) is 12.3. The van der Waals surface area contributed by atoms with Crippen molar-refractivity contribution in [2.45, 2.75) is 32.9 Å². The van der Waals surface area contributed by atoms with E-state index in [1.54, 1.807) is 18.5 Å². The molecule has 0 aliphatic carbocycles. The number of nitrogens with one attached hydrogen (secondary N) is 1. The van der Waals surface area contributed by atoms with Crippen LogP contribution in [0.5, 0.6) is 0 Å². The molecule has 2 heterocycles. The van der Waals surface area contributed by atoms with Crippen LogP contribution in [-0.2, 0) is 12.1 Å². The molecule has 0 spiro atoms. The van der Waals surface area contributed by atoms with Crippen LogP contribution in [-0.4, -0.2) is 27.3 Å². The minimum Gasteiger partial charge on any atom is -0.384 e. The summed E-state index contributed by atoms with van der Waals surface area (Å²) < 4.78 is 1.57.